The number of amides is 1. The normalized spacial score (nSPS) is 12.0. The molecule has 1 amide bonds. The number of methoxy groups -OCH3 is 1. The third-order valence-corrected chi connectivity index (χ3v) is 3.82. The average Bonchev–Trinajstić information content (AvgIpc) is 3.06. The fourth-order valence-corrected chi connectivity index (χ4v) is 2.59. The van der Waals surface area contributed by atoms with Gasteiger partial charge in [0.15, 0.2) is 18.1 Å². The number of hydrogen-bond acceptors (Lipinski definition) is 4. The predicted octanol–water partition coefficient (Wildman–Crippen LogP) is 2.42. The summed E-state index contributed by atoms with van der Waals surface area (Å²) in [4.78, 5) is 11.9. The lowest BCUT2D eigenvalue weighted by atomic mass is 10.1. The van der Waals surface area contributed by atoms with Gasteiger partial charge in [-0.3, -0.25) is 4.79 Å². The minimum Gasteiger partial charge on any atom is -0.493 e. The van der Waals surface area contributed by atoms with Crippen molar-refractivity contribution in [3.05, 3.63) is 59.2 Å². The highest BCUT2D eigenvalue weighted by Gasteiger charge is 2.11. The van der Waals surface area contributed by atoms with E-state index in [4.69, 9.17) is 9.47 Å². The molecule has 6 heteroatoms. The van der Waals surface area contributed by atoms with Crippen LogP contribution >= 0.6 is 12.4 Å². The van der Waals surface area contributed by atoms with Gasteiger partial charge in [0.2, 0.25) is 0 Å². The second kappa shape index (κ2) is 8.57. The highest BCUT2D eigenvalue weighted by atomic mass is 35.5. The molecule has 0 atom stereocenters. The van der Waals surface area contributed by atoms with Crippen molar-refractivity contribution in [1.82, 2.24) is 10.6 Å². The first kappa shape index (κ1) is 18.1. The summed E-state index contributed by atoms with van der Waals surface area (Å²) in [6, 6.07) is 13.6. The molecule has 5 nitrogen and oxygen atoms in total. The summed E-state index contributed by atoms with van der Waals surface area (Å²) in [5.74, 6) is 1.02. The SMILES string of the molecule is COc1ccccc1OCC(=O)NCc1ccc2c(c1)CNC2.Cl. The number of ether oxygens (including phenoxy) is 2. The lowest BCUT2D eigenvalue weighted by molar-refractivity contribution is -0.123. The number of hydrogen-bond donors (Lipinski definition) is 2. The molecule has 3 rings (SSSR count). The Kier molecular flexibility index (Phi) is 6.46. The number of rotatable bonds is 6. The second-order valence-electron chi connectivity index (χ2n) is 5.42. The first-order chi connectivity index (χ1) is 11.3. The molecular weight excluding hydrogens is 328 g/mol. The van der Waals surface area contributed by atoms with Crippen LogP contribution in [0.5, 0.6) is 11.5 Å². The maximum Gasteiger partial charge on any atom is 0.258 e. The molecule has 24 heavy (non-hydrogen) atoms. The fourth-order valence-electron chi connectivity index (χ4n) is 2.59. The van der Waals surface area contributed by atoms with Crippen LogP contribution in [0.4, 0.5) is 0 Å². The van der Waals surface area contributed by atoms with Crippen molar-refractivity contribution < 1.29 is 14.3 Å². The maximum atomic E-state index is 11.9. The molecule has 128 valence electrons. The van der Waals surface area contributed by atoms with E-state index in [1.165, 1.54) is 11.1 Å². The summed E-state index contributed by atoms with van der Waals surface area (Å²) in [5, 5.41) is 6.18. The van der Waals surface area contributed by atoms with Crippen LogP contribution in [-0.2, 0) is 24.4 Å². The smallest absolute Gasteiger partial charge is 0.258 e. The number of halogens is 1. The molecule has 0 aliphatic carbocycles. The number of nitrogens with one attached hydrogen (secondary N) is 2. The number of carbonyl (C=O) groups excluding carboxylic acids is 1. The molecule has 1 heterocycles. The van der Waals surface area contributed by atoms with E-state index in [2.05, 4.69) is 22.8 Å². The van der Waals surface area contributed by atoms with Crippen molar-refractivity contribution in [2.75, 3.05) is 13.7 Å². The van der Waals surface area contributed by atoms with Crippen molar-refractivity contribution in [2.45, 2.75) is 19.6 Å². The van der Waals surface area contributed by atoms with Crippen LogP contribution in [0, 0.1) is 0 Å². The van der Waals surface area contributed by atoms with Gasteiger partial charge >= 0.3 is 0 Å². The van der Waals surface area contributed by atoms with Crippen LogP contribution in [0.2, 0.25) is 0 Å². The summed E-state index contributed by atoms with van der Waals surface area (Å²) in [6.45, 7) is 2.29. The van der Waals surface area contributed by atoms with E-state index in [0.717, 1.165) is 18.7 Å². The van der Waals surface area contributed by atoms with Gasteiger partial charge in [-0.1, -0.05) is 30.3 Å². The van der Waals surface area contributed by atoms with Gasteiger partial charge in [0.1, 0.15) is 0 Å². The largest absolute Gasteiger partial charge is 0.493 e. The molecule has 2 aromatic rings. The quantitative estimate of drug-likeness (QED) is 0.841. The Bertz CT molecular complexity index is 706. The molecule has 0 aromatic heterocycles. The summed E-state index contributed by atoms with van der Waals surface area (Å²) in [7, 11) is 1.57. The van der Waals surface area contributed by atoms with Crippen molar-refractivity contribution in [3.8, 4) is 11.5 Å². The minimum atomic E-state index is -0.158. The molecule has 2 aromatic carbocycles. The number of fused-ring (bicyclic) bond motifs is 1. The van der Waals surface area contributed by atoms with E-state index in [0.29, 0.717) is 18.0 Å². The van der Waals surface area contributed by atoms with Gasteiger partial charge in [-0.2, -0.15) is 0 Å². The van der Waals surface area contributed by atoms with Crippen LogP contribution in [0.25, 0.3) is 0 Å². The molecular formula is C18H21ClN2O3. The number of para-hydroxylation sites is 2. The molecule has 0 unspecified atom stereocenters. The van der Waals surface area contributed by atoms with Crippen LogP contribution in [0.3, 0.4) is 0 Å². The van der Waals surface area contributed by atoms with Gasteiger partial charge in [0, 0.05) is 19.6 Å². The predicted molar refractivity (Wildman–Crippen MR) is 94.6 cm³/mol. The number of carbonyl (C=O) groups is 1. The Morgan fingerprint density at radius 1 is 1.12 bits per heavy atom. The van der Waals surface area contributed by atoms with Gasteiger partial charge < -0.3 is 20.1 Å². The third kappa shape index (κ3) is 4.40. The molecule has 2 N–H and O–H groups in total. The lowest BCUT2D eigenvalue weighted by Gasteiger charge is -2.11. The first-order valence-electron chi connectivity index (χ1n) is 7.60. The van der Waals surface area contributed by atoms with Gasteiger partial charge in [0.25, 0.3) is 5.91 Å². The Morgan fingerprint density at radius 3 is 2.67 bits per heavy atom. The molecule has 0 fully saturated rings. The molecule has 1 aliphatic heterocycles. The van der Waals surface area contributed by atoms with Crippen molar-refractivity contribution in [2.24, 2.45) is 0 Å². The van der Waals surface area contributed by atoms with E-state index < -0.39 is 0 Å². The summed E-state index contributed by atoms with van der Waals surface area (Å²) in [5.41, 5.74) is 3.74. The maximum absolute atomic E-state index is 11.9. The highest BCUT2D eigenvalue weighted by Crippen LogP contribution is 2.25. The summed E-state index contributed by atoms with van der Waals surface area (Å²) >= 11 is 0. The van der Waals surface area contributed by atoms with Crippen molar-refractivity contribution >= 4 is 18.3 Å². The summed E-state index contributed by atoms with van der Waals surface area (Å²) < 4.78 is 10.7. The average molecular weight is 349 g/mol. The Labute approximate surface area is 147 Å². The van der Waals surface area contributed by atoms with Crippen LogP contribution in [0.1, 0.15) is 16.7 Å². The van der Waals surface area contributed by atoms with Crippen LogP contribution in [0.15, 0.2) is 42.5 Å². The van der Waals surface area contributed by atoms with E-state index in [1.807, 2.05) is 18.2 Å². The summed E-state index contributed by atoms with van der Waals surface area (Å²) in [6.07, 6.45) is 0. The second-order valence-corrected chi connectivity index (χ2v) is 5.42. The molecule has 1 aliphatic rings. The van der Waals surface area contributed by atoms with E-state index >= 15 is 0 Å². The number of benzene rings is 2. The molecule has 0 saturated heterocycles. The molecule has 0 bridgehead atoms. The lowest BCUT2D eigenvalue weighted by Crippen LogP contribution is -2.28. The molecule has 0 radical (unpaired) electrons. The molecule has 0 spiro atoms. The van der Waals surface area contributed by atoms with Crippen molar-refractivity contribution in [3.63, 3.8) is 0 Å². The van der Waals surface area contributed by atoms with E-state index in [1.54, 1.807) is 19.2 Å². The minimum absolute atomic E-state index is 0. The standard InChI is InChI=1S/C18H20N2O3.ClH/c1-22-16-4-2-3-5-17(16)23-12-18(21)20-9-13-6-7-14-10-19-11-15(14)8-13;/h2-8,19H,9-12H2,1H3,(H,20,21);1H. The highest BCUT2D eigenvalue weighted by molar-refractivity contribution is 5.85. The Morgan fingerprint density at radius 2 is 1.88 bits per heavy atom. The van der Waals surface area contributed by atoms with Gasteiger partial charge in [-0.25, -0.2) is 0 Å². The first-order valence-corrected chi connectivity index (χ1v) is 7.60. The van der Waals surface area contributed by atoms with Crippen LogP contribution < -0.4 is 20.1 Å². The Balaban J connectivity index is 0.00000208. The Hall–Kier alpha value is -2.24. The zero-order chi connectivity index (χ0) is 16.1. The van der Waals surface area contributed by atoms with Crippen LogP contribution in [-0.4, -0.2) is 19.6 Å². The van der Waals surface area contributed by atoms with Gasteiger partial charge in [-0.15, -0.1) is 12.4 Å². The van der Waals surface area contributed by atoms with Gasteiger partial charge in [-0.05, 0) is 28.8 Å². The third-order valence-electron chi connectivity index (χ3n) is 3.82. The van der Waals surface area contributed by atoms with E-state index in [-0.39, 0.29) is 24.9 Å². The molecule has 0 saturated carbocycles. The van der Waals surface area contributed by atoms with Gasteiger partial charge in [0.05, 0.1) is 7.11 Å². The monoisotopic (exact) mass is 348 g/mol. The van der Waals surface area contributed by atoms with Crippen molar-refractivity contribution in [1.29, 1.82) is 0 Å². The fraction of sp³-hybridized carbons (Fsp3) is 0.278. The zero-order valence-electron chi connectivity index (χ0n) is 13.5. The topological polar surface area (TPSA) is 59.6 Å². The zero-order valence-corrected chi connectivity index (χ0v) is 14.3. The van der Waals surface area contributed by atoms with E-state index in [9.17, 15) is 4.79 Å².